The van der Waals surface area contributed by atoms with Crippen molar-refractivity contribution in [3.63, 3.8) is 0 Å². The van der Waals surface area contributed by atoms with Gasteiger partial charge in [0.1, 0.15) is 5.75 Å². The summed E-state index contributed by atoms with van der Waals surface area (Å²) in [6, 6.07) is 0.451. The van der Waals surface area contributed by atoms with E-state index in [2.05, 4.69) is 6.92 Å². The summed E-state index contributed by atoms with van der Waals surface area (Å²) in [7, 11) is 6.55. The molecular formula is C43H64N4O11. The maximum absolute atomic E-state index is 14.5. The largest absolute Gasteiger partial charge is 0.507 e. The highest BCUT2D eigenvalue weighted by atomic mass is 16.7. The van der Waals surface area contributed by atoms with Gasteiger partial charge in [0.2, 0.25) is 12.7 Å². The van der Waals surface area contributed by atoms with E-state index in [4.69, 9.17) is 15.2 Å². The Hall–Kier alpha value is -4.37. The Morgan fingerprint density at radius 1 is 0.914 bits per heavy atom. The molecule has 2 amide bonds. The molecule has 4 rings (SSSR count). The van der Waals surface area contributed by atoms with Crippen molar-refractivity contribution < 1.29 is 53.2 Å². The van der Waals surface area contributed by atoms with Gasteiger partial charge in [0, 0.05) is 44.2 Å². The number of benzene rings is 1. The van der Waals surface area contributed by atoms with Crippen LogP contribution in [0.5, 0.6) is 5.75 Å². The SMILES string of the molecule is CCCCCCCCCCCC(=O)OCOC(=O)N(Cc1cc(N(C)C)c2c(c1O)C(=O)C1C(=O)[C@]3(O)C(=O)C(C(N)=O)C(=O)[C@@H](N(C)C)[C@@H]3C[C@@H]1C2)CC(C)(C)C. The first-order valence-corrected chi connectivity index (χ1v) is 20.6. The molecule has 3 aliphatic rings. The van der Waals surface area contributed by atoms with E-state index in [0.29, 0.717) is 17.7 Å². The molecule has 0 aliphatic heterocycles. The van der Waals surface area contributed by atoms with Crippen molar-refractivity contribution in [2.45, 2.75) is 123 Å². The minimum absolute atomic E-state index is 0.0752. The van der Waals surface area contributed by atoms with Crippen LogP contribution in [0.1, 0.15) is 120 Å². The third-order valence-corrected chi connectivity index (χ3v) is 11.8. The average Bonchev–Trinajstić information content (AvgIpc) is 3.12. The Morgan fingerprint density at radius 2 is 1.52 bits per heavy atom. The summed E-state index contributed by atoms with van der Waals surface area (Å²) in [5.41, 5.74) is 3.09. The lowest BCUT2D eigenvalue weighted by Gasteiger charge is -2.52. The second-order valence-electron chi connectivity index (χ2n) is 18.0. The van der Waals surface area contributed by atoms with Crippen LogP contribution in [-0.4, -0.2) is 114 Å². The summed E-state index contributed by atoms with van der Waals surface area (Å²) in [6.07, 6.45) is 9.31. The van der Waals surface area contributed by atoms with Crippen molar-refractivity contribution in [1.29, 1.82) is 0 Å². The number of hydrogen-bond donors (Lipinski definition) is 3. The highest BCUT2D eigenvalue weighted by Gasteiger charge is 2.69. The normalized spacial score (nSPS) is 24.2. The Kier molecular flexibility index (Phi) is 15.3. The summed E-state index contributed by atoms with van der Waals surface area (Å²) >= 11 is 0. The lowest BCUT2D eigenvalue weighted by molar-refractivity contribution is -0.181. The quantitative estimate of drug-likeness (QED) is 0.0816. The second kappa shape index (κ2) is 19.1. The number of likely N-dealkylation sites (N-methyl/N-ethyl adjacent to an activating group) is 1. The Balaban J connectivity index is 1.55. The standard InChI is InChI=1S/C43H64N4O11/c1-9-10-11-12-13-14-15-16-17-18-30(48)57-24-58-41(55)47(23-42(2,3)4)22-26-21-29(45(5)6)27-19-25-20-28-34(46(7)8)37(51)33(40(44)54)39(53)43(28,56)38(52)31(25)36(50)32(27)35(26)49/h21,25,28,31,33-34,49,56H,9-20,22-24H2,1-8H3,(H2,44,54)/t25-,28-,31?,33?,34-,43-/m0/s1. The van der Waals surface area contributed by atoms with Crippen LogP contribution in [-0.2, 0) is 46.4 Å². The fraction of sp³-hybridized carbons (Fsp3) is 0.698. The molecule has 58 heavy (non-hydrogen) atoms. The zero-order valence-corrected chi connectivity index (χ0v) is 35.6. The van der Waals surface area contributed by atoms with Crippen molar-refractivity contribution >= 4 is 46.8 Å². The molecule has 0 aromatic heterocycles. The van der Waals surface area contributed by atoms with Crippen LogP contribution in [0.25, 0.3) is 0 Å². The van der Waals surface area contributed by atoms with Gasteiger partial charge in [0.15, 0.2) is 34.7 Å². The lowest BCUT2D eigenvalue weighted by Crippen LogP contribution is -2.74. The first kappa shape index (κ1) is 46.3. The summed E-state index contributed by atoms with van der Waals surface area (Å²) in [6.45, 7) is 7.21. The van der Waals surface area contributed by atoms with Gasteiger partial charge < -0.3 is 35.2 Å². The number of anilines is 1. The number of ketones is 4. The van der Waals surface area contributed by atoms with Crippen molar-refractivity contribution in [3.05, 3.63) is 22.8 Å². The van der Waals surface area contributed by atoms with Crippen LogP contribution in [0.3, 0.4) is 0 Å². The highest BCUT2D eigenvalue weighted by molar-refractivity contribution is 6.32. The number of ether oxygens (including phenoxy) is 2. The third-order valence-electron chi connectivity index (χ3n) is 11.8. The van der Waals surface area contributed by atoms with Gasteiger partial charge in [-0.25, -0.2) is 4.79 Å². The molecule has 322 valence electrons. The van der Waals surface area contributed by atoms with E-state index in [-0.39, 0.29) is 43.5 Å². The minimum atomic E-state index is -2.85. The fourth-order valence-corrected chi connectivity index (χ4v) is 9.08. The Morgan fingerprint density at radius 3 is 2.07 bits per heavy atom. The van der Waals surface area contributed by atoms with Gasteiger partial charge in [-0.15, -0.1) is 0 Å². The molecule has 0 spiro atoms. The molecule has 15 nitrogen and oxygen atoms in total. The van der Waals surface area contributed by atoms with Gasteiger partial charge in [0.25, 0.3) is 0 Å². The predicted octanol–water partition coefficient (Wildman–Crippen LogP) is 4.34. The van der Waals surface area contributed by atoms with Crippen LogP contribution < -0.4 is 10.6 Å². The molecule has 0 saturated heterocycles. The van der Waals surface area contributed by atoms with Crippen LogP contribution in [0.2, 0.25) is 0 Å². The zero-order chi connectivity index (χ0) is 43.3. The van der Waals surface area contributed by atoms with Crippen LogP contribution in [0.4, 0.5) is 10.5 Å². The molecule has 1 aromatic rings. The van der Waals surface area contributed by atoms with Crippen LogP contribution in [0, 0.1) is 29.1 Å². The number of phenolic OH excluding ortho intramolecular Hbond substituents is 1. The number of aromatic hydroxyl groups is 1. The molecule has 4 N–H and O–H groups in total. The number of primary amides is 1. The number of fused-ring (bicyclic) bond motifs is 3. The molecule has 0 heterocycles. The van der Waals surface area contributed by atoms with Gasteiger partial charge in [-0.05, 0) is 56.3 Å². The third kappa shape index (κ3) is 9.90. The van der Waals surface area contributed by atoms with E-state index in [1.807, 2.05) is 20.8 Å². The maximum Gasteiger partial charge on any atom is 0.412 e. The lowest BCUT2D eigenvalue weighted by atomic mass is 9.52. The first-order valence-electron chi connectivity index (χ1n) is 20.6. The number of Topliss-reactive ketones (excluding diaryl/α,β-unsaturated/α-hetero) is 4. The van der Waals surface area contributed by atoms with Crippen molar-refractivity contribution in [1.82, 2.24) is 9.80 Å². The van der Waals surface area contributed by atoms with Crippen molar-refractivity contribution in [2.75, 3.05) is 46.4 Å². The number of nitrogens with two attached hydrogens (primary N) is 1. The Bertz CT molecular complexity index is 1750. The van der Waals surface area contributed by atoms with Crippen LogP contribution >= 0.6 is 0 Å². The molecule has 3 aliphatic carbocycles. The summed E-state index contributed by atoms with van der Waals surface area (Å²) in [5, 5.41) is 23.8. The predicted molar refractivity (Wildman–Crippen MR) is 215 cm³/mol. The molecule has 1 aromatic carbocycles. The molecular weight excluding hydrogens is 748 g/mol. The minimum Gasteiger partial charge on any atom is -0.507 e. The molecule has 2 saturated carbocycles. The van der Waals surface area contributed by atoms with Gasteiger partial charge >= 0.3 is 12.1 Å². The van der Waals surface area contributed by atoms with E-state index in [9.17, 15) is 43.8 Å². The van der Waals surface area contributed by atoms with E-state index in [0.717, 1.165) is 19.3 Å². The number of hydrogen-bond acceptors (Lipinski definition) is 13. The average molecular weight is 813 g/mol. The Labute approximate surface area is 341 Å². The van der Waals surface area contributed by atoms with E-state index in [1.54, 1.807) is 25.1 Å². The number of nitrogens with zero attached hydrogens (tertiary/aromatic N) is 3. The molecule has 2 unspecified atom stereocenters. The monoisotopic (exact) mass is 812 g/mol. The topological polar surface area (TPSA) is 214 Å². The van der Waals surface area contributed by atoms with Gasteiger partial charge in [0.05, 0.1) is 24.1 Å². The summed E-state index contributed by atoms with van der Waals surface area (Å²) < 4.78 is 10.6. The second-order valence-corrected chi connectivity index (χ2v) is 18.0. The van der Waals surface area contributed by atoms with E-state index < -0.39 is 94.4 Å². The number of aliphatic hydroxyl groups is 1. The smallest absolute Gasteiger partial charge is 0.412 e. The summed E-state index contributed by atoms with van der Waals surface area (Å²) in [4.78, 5) is 98.7. The zero-order valence-electron chi connectivity index (χ0n) is 35.6. The number of rotatable bonds is 18. The number of amides is 2. The van der Waals surface area contributed by atoms with Crippen LogP contribution in [0.15, 0.2) is 6.07 Å². The molecule has 6 atom stereocenters. The molecule has 15 heteroatoms. The van der Waals surface area contributed by atoms with Crippen molar-refractivity contribution in [3.8, 4) is 5.75 Å². The van der Waals surface area contributed by atoms with E-state index in [1.165, 1.54) is 56.0 Å². The number of carbonyl (C=O) groups excluding carboxylic acids is 7. The maximum atomic E-state index is 14.5. The summed E-state index contributed by atoms with van der Waals surface area (Å²) in [5.74, 6) is -12.0. The molecule has 0 bridgehead atoms. The highest BCUT2D eigenvalue weighted by Crippen LogP contribution is 2.52. The first-order chi connectivity index (χ1) is 27.2. The number of esters is 1. The van der Waals surface area contributed by atoms with Gasteiger partial charge in [-0.2, -0.15) is 0 Å². The molecule has 0 radical (unpaired) electrons. The molecule has 2 fully saturated rings. The van der Waals surface area contributed by atoms with E-state index >= 15 is 0 Å². The fourth-order valence-electron chi connectivity index (χ4n) is 9.08. The van der Waals surface area contributed by atoms with Gasteiger partial charge in [-0.3, -0.25) is 33.7 Å². The van der Waals surface area contributed by atoms with Crippen molar-refractivity contribution in [2.24, 2.45) is 34.8 Å². The number of unbranched alkanes of at least 4 members (excludes halogenated alkanes) is 8. The number of phenols is 1. The number of carbonyl (C=O) groups is 7. The van der Waals surface area contributed by atoms with Gasteiger partial charge in [-0.1, -0.05) is 79.1 Å².